The summed E-state index contributed by atoms with van der Waals surface area (Å²) in [6.07, 6.45) is 3.28. The van der Waals surface area contributed by atoms with Crippen LogP contribution in [0, 0.1) is 5.82 Å². The highest BCUT2D eigenvalue weighted by Crippen LogP contribution is 2.21. The highest BCUT2D eigenvalue weighted by molar-refractivity contribution is 6.04. The van der Waals surface area contributed by atoms with Gasteiger partial charge in [-0.05, 0) is 54.6 Å². The summed E-state index contributed by atoms with van der Waals surface area (Å²) in [5.74, 6) is -0.0413. The Balaban J connectivity index is 1.66. The van der Waals surface area contributed by atoms with Gasteiger partial charge >= 0.3 is 0 Å². The van der Waals surface area contributed by atoms with Gasteiger partial charge in [0.15, 0.2) is 5.69 Å². The third-order valence-corrected chi connectivity index (χ3v) is 4.11. The molecule has 0 saturated heterocycles. The van der Waals surface area contributed by atoms with Crippen molar-refractivity contribution >= 4 is 11.6 Å². The van der Waals surface area contributed by atoms with Gasteiger partial charge in [0.05, 0.1) is 18.5 Å². The number of amides is 1. The third-order valence-electron chi connectivity index (χ3n) is 4.11. The maximum atomic E-state index is 13.3. The molecule has 5 nitrogen and oxygen atoms in total. The molecule has 0 N–H and O–H groups in total. The number of hydrogen-bond acceptors (Lipinski definition) is 3. The lowest BCUT2D eigenvalue weighted by Gasteiger charge is -2.21. The van der Waals surface area contributed by atoms with E-state index in [2.05, 4.69) is 5.10 Å². The second kappa shape index (κ2) is 7.29. The quantitative estimate of drug-likeness (QED) is 0.528. The van der Waals surface area contributed by atoms with E-state index < -0.39 is 0 Å². The molecule has 0 spiro atoms. The van der Waals surface area contributed by atoms with E-state index in [-0.39, 0.29) is 24.0 Å². The largest absolute Gasteiger partial charge is 0.467 e. The van der Waals surface area contributed by atoms with Gasteiger partial charge in [-0.2, -0.15) is 5.10 Å². The van der Waals surface area contributed by atoms with E-state index in [1.54, 1.807) is 47.5 Å². The molecule has 27 heavy (non-hydrogen) atoms. The number of anilines is 1. The van der Waals surface area contributed by atoms with Gasteiger partial charge in [0.1, 0.15) is 11.6 Å². The first kappa shape index (κ1) is 16.8. The lowest BCUT2D eigenvalue weighted by Crippen LogP contribution is -2.30. The second-order valence-corrected chi connectivity index (χ2v) is 5.93. The van der Waals surface area contributed by atoms with E-state index >= 15 is 0 Å². The Morgan fingerprint density at radius 3 is 2.48 bits per heavy atom. The zero-order chi connectivity index (χ0) is 18.6. The van der Waals surface area contributed by atoms with Gasteiger partial charge in [0.2, 0.25) is 0 Å². The number of furan rings is 1. The van der Waals surface area contributed by atoms with E-state index in [1.807, 2.05) is 30.3 Å². The molecule has 0 fully saturated rings. The molecule has 0 aliphatic rings. The average molecular weight is 361 g/mol. The normalized spacial score (nSPS) is 10.7. The van der Waals surface area contributed by atoms with Crippen LogP contribution in [0.25, 0.3) is 5.69 Å². The fourth-order valence-electron chi connectivity index (χ4n) is 2.76. The summed E-state index contributed by atoms with van der Waals surface area (Å²) in [5.41, 5.74) is 1.71. The van der Waals surface area contributed by atoms with Crippen LogP contribution in [0.2, 0.25) is 0 Å². The van der Waals surface area contributed by atoms with Gasteiger partial charge in [-0.15, -0.1) is 0 Å². The topological polar surface area (TPSA) is 51.3 Å². The molecule has 0 aliphatic carbocycles. The predicted octanol–water partition coefficient (Wildman–Crippen LogP) is 4.45. The Labute approximate surface area is 155 Å². The number of carbonyl (C=O) groups is 1. The SMILES string of the molecule is O=C(c1ccn(-c2ccccc2)n1)N(Cc1ccco1)c1ccc(F)cc1. The molecule has 0 aliphatic heterocycles. The number of hydrogen-bond donors (Lipinski definition) is 0. The standard InChI is InChI=1S/C21H16FN3O2/c22-16-8-10-17(11-9-16)24(15-19-7-4-14-27-19)21(26)20-12-13-25(23-20)18-5-2-1-3-6-18/h1-14H,15H2. The molecular weight excluding hydrogens is 345 g/mol. The number of benzene rings is 2. The van der Waals surface area contributed by atoms with Crippen molar-refractivity contribution in [3.8, 4) is 5.69 Å². The molecule has 0 atom stereocenters. The fourth-order valence-corrected chi connectivity index (χ4v) is 2.76. The minimum atomic E-state index is -0.363. The second-order valence-electron chi connectivity index (χ2n) is 5.93. The summed E-state index contributed by atoms with van der Waals surface area (Å²) in [7, 11) is 0. The van der Waals surface area contributed by atoms with Crippen LogP contribution in [0.1, 0.15) is 16.2 Å². The van der Waals surface area contributed by atoms with Crippen LogP contribution < -0.4 is 4.90 Å². The first-order chi connectivity index (χ1) is 13.2. The molecule has 1 amide bonds. The number of aromatic nitrogens is 2. The zero-order valence-electron chi connectivity index (χ0n) is 14.3. The van der Waals surface area contributed by atoms with Crippen LogP contribution in [0.5, 0.6) is 0 Å². The lowest BCUT2D eigenvalue weighted by molar-refractivity contribution is 0.0978. The molecule has 4 aromatic rings. The Hall–Kier alpha value is -3.67. The third kappa shape index (κ3) is 3.64. The van der Waals surface area contributed by atoms with Gasteiger partial charge in [0, 0.05) is 11.9 Å². The van der Waals surface area contributed by atoms with E-state index in [0.717, 1.165) is 5.69 Å². The molecule has 2 heterocycles. The van der Waals surface area contributed by atoms with Crippen LogP contribution in [0.15, 0.2) is 89.7 Å². The average Bonchev–Trinajstić information content (AvgIpc) is 3.39. The summed E-state index contributed by atoms with van der Waals surface area (Å²) in [4.78, 5) is 14.6. The van der Waals surface area contributed by atoms with Crippen molar-refractivity contribution in [2.75, 3.05) is 4.90 Å². The summed E-state index contributed by atoms with van der Waals surface area (Å²) in [6.45, 7) is 0.218. The predicted molar refractivity (Wildman–Crippen MR) is 99.2 cm³/mol. The van der Waals surface area contributed by atoms with Gasteiger partial charge in [-0.1, -0.05) is 18.2 Å². The number of nitrogens with zero attached hydrogens (tertiary/aromatic N) is 3. The molecule has 6 heteroatoms. The maximum absolute atomic E-state index is 13.3. The molecule has 0 bridgehead atoms. The molecule has 0 radical (unpaired) electrons. The first-order valence-electron chi connectivity index (χ1n) is 8.41. The minimum Gasteiger partial charge on any atom is -0.467 e. The summed E-state index contributed by atoms with van der Waals surface area (Å²) in [6, 6.07) is 20.5. The minimum absolute atomic E-state index is 0.218. The van der Waals surface area contributed by atoms with Gasteiger partial charge in [-0.25, -0.2) is 9.07 Å². The highest BCUT2D eigenvalue weighted by Gasteiger charge is 2.22. The van der Waals surface area contributed by atoms with Crippen molar-refractivity contribution < 1.29 is 13.6 Å². The number of carbonyl (C=O) groups excluding carboxylic acids is 1. The van der Waals surface area contributed by atoms with Crippen LogP contribution >= 0.6 is 0 Å². The Morgan fingerprint density at radius 1 is 1.00 bits per heavy atom. The molecule has 0 saturated carbocycles. The summed E-state index contributed by atoms with van der Waals surface area (Å²) < 4.78 is 20.3. The van der Waals surface area contributed by atoms with E-state index in [4.69, 9.17) is 4.42 Å². The number of halogens is 1. The van der Waals surface area contributed by atoms with Crippen LogP contribution in [0.3, 0.4) is 0 Å². The smallest absolute Gasteiger partial charge is 0.279 e. The van der Waals surface area contributed by atoms with Gasteiger partial charge in [-0.3, -0.25) is 9.69 Å². The zero-order valence-corrected chi connectivity index (χ0v) is 14.3. The van der Waals surface area contributed by atoms with Crippen molar-refractivity contribution in [2.45, 2.75) is 6.54 Å². The summed E-state index contributed by atoms with van der Waals surface area (Å²) in [5, 5.41) is 4.39. The van der Waals surface area contributed by atoms with Crippen molar-refractivity contribution in [3.05, 3.63) is 103 Å². The van der Waals surface area contributed by atoms with Gasteiger partial charge in [0.25, 0.3) is 5.91 Å². The van der Waals surface area contributed by atoms with Gasteiger partial charge < -0.3 is 4.42 Å². The first-order valence-corrected chi connectivity index (χ1v) is 8.41. The molecule has 4 rings (SSSR count). The molecule has 2 aromatic heterocycles. The number of para-hydroxylation sites is 1. The van der Waals surface area contributed by atoms with Crippen LogP contribution in [-0.4, -0.2) is 15.7 Å². The summed E-state index contributed by atoms with van der Waals surface area (Å²) >= 11 is 0. The number of rotatable bonds is 5. The van der Waals surface area contributed by atoms with Crippen molar-refractivity contribution in [1.82, 2.24) is 9.78 Å². The fraction of sp³-hybridized carbons (Fsp3) is 0.0476. The van der Waals surface area contributed by atoms with Crippen molar-refractivity contribution in [3.63, 3.8) is 0 Å². The van der Waals surface area contributed by atoms with E-state index in [0.29, 0.717) is 11.4 Å². The highest BCUT2D eigenvalue weighted by atomic mass is 19.1. The van der Waals surface area contributed by atoms with Crippen LogP contribution in [-0.2, 0) is 6.54 Å². The maximum Gasteiger partial charge on any atom is 0.279 e. The molecule has 0 unspecified atom stereocenters. The molecule has 134 valence electrons. The lowest BCUT2D eigenvalue weighted by atomic mass is 10.2. The van der Waals surface area contributed by atoms with Crippen molar-refractivity contribution in [2.24, 2.45) is 0 Å². The van der Waals surface area contributed by atoms with Crippen LogP contribution in [0.4, 0.5) is 10.1 Å². The molecular formula is C21H16FN3O2. The van der Waals surface area contributed by atoms with E-state index in [1.165, 1.54) is 17.0 Å². The monoisotopic (exact) mass is 361 g/mol. The Bertz CT molecular complexity index is 1030. The Kier molecular flexibility index (Phi) is 4.53. The van der Waals surface area contributed by atoms with Crippen molar-refractivity contribution in [1.29, 1.82) is 0 Å². The molecule has 2 aromatic carbocycles. The Morgan fingerprint density at radius 2 is 1.78 bits per heavy atom. The van der Waals surface area contributed by atoms with E-state index in [9.17, 15) is 9.18 Å².